The van der Waals surface area contributed by atoms with Crippen LogP contribution in [0.4, 0.5) is 5.13 Å². The molecule has 0 saturated heterocycles. The molecule has 0 atom stereocenters. The number of anilines is 1. The molecule has 1 aliphatic carbocycles. The molecule has 5 heteroatoms. The van der Waals surface area contributed by atoms with E-state index in [-0.39, 0.29) is 0 Å². The molecule has 0 spiro atoms. The van der Waals surface area contributed by atoms with Crippen LogP contribution >= 0.6 is 11.3 Å². The topological polar surface area (TPSA) is 51.4 Å². The molecule has 1 aromatic rings. The van der Waals surface area contributed by atoms with E-state index in [9.17, 15) is 0 Å². The zero-order valence-corrected chi connectivity index (χ0v) is 13.0. The van der Waals surface area contributed by atoms with Crippen molar-refractivity contribution >= 4 is 16.5 Å². The van der Waals surface area contributed by atoms with Crippen molar-refractivity contribution < 1.29 is 4.74 Å². The van der Waals surface area contributed by atoms with Crippen LogP contribution in [0.25, 0.3) is 0 Å². The van der Waals surface area contributed by atoms with E-state index in [1.54, 1.807) is 18.4 Å². The number of hydrogen-bond donors (Lipinski definition) is 1. The minimum absolute atomic E-state index is 0.614. The highest BCUT2D eigenvalue weighted by Gasteiger charge is 2.30. The highest BCUT2D eigenvalue weighted by Crippen LogP contribution is 2.44. The predicted octanol–water partition coefficient (Wildman–Crippen LogP) is 2.59. The maximum Gasteiger partial charge on any atom is 0.185 e. The molecule has 0 aliphatic heterocycles. The lowest BCUT2D eigenvalue weighted by molar-refractivity contribution is 0.204. The van der Waals surface area contributed by atoms with Crippen molar-refractivity contribution in [3.63, 3.8) is 0 Å². The van der Waals surface area contributed by atoms with Gasteiger partial charge in [-0.3, -0.25) is 0 Å². The minimum atomic E-state index is 0.614. The van der Waals surface area contributed by atoms with Gasteiger partial charge in [-0.2, -0.15) is 0 Å². The number of aromatic nitrogens is 1. The standard InChI is InChI=1S/C14H25N3OS/c1-10(2)9-17(6-7-18-3)14-16-13(11-4-5-11)12(8-15)19-14/h10-11H,4-9,15H2,1-3H3. The first-order valence-electron chi connectivity index (χ1n) is 7.09. The Kier molecular flexibility index (Phi) is 5.19. The van der Waals surface area contributed by atoms with E-state index in [0.717, 1.165) is 24.8 Å². The van der Waals surface area contributed by atoms with E-state index in [4.69, 9.17) is 15.5 Å². The molecule has 2 rings (SSSR count). The maximum atomic E-state index is 5.86. The lowest BCUT2D eigenvalue weighted by atomic mass is 10.2. The maximum absolute atomic E-state index is 5.86. The van der Waals surface area contributed by atoms with Gasteiger partial charge in [0.1, 0.15) is 0 Å². The first-order valence-corrected chi connectivity index (χ1v) is 7.90. The number of ether oxygens (including phenoxy) is 1. The molecule has 0 amide bonds. The summed E-state index contributed by atoms with van der Waals surface area (Å²) >= 11 is 1.76. The molecule has 1 heterocycles. The normalized spacial score (nSPS) is 15.2. The van der Waals surface area contributed by atoms with E-state index >= 15 is 0 Å². The van der Waals surface area contributed by atoms with E-state index in [1.165, 1.54) is 23.4 Å². The average molecular weight is 283 g/mol. The van der Waals surface area contributed by atoms with Crippen LogP contribution in [0.2, 0.25) is 0 Å². The van der Waals surface area contributed by atoms with Gasteiger partial charge in [0.25, 0.3) is 0 Å². The van der Waals surface area contributed by atoms with Crippen molar-refractivity contribution in [3.05, 3.63) is 10.6 Å². The van der Waals surface area contributed by atoms with Crippen molar-refractivity contribution in [2.24, 2.45) is 11.7 Å². The molecule has 0 radical (unpaired) electrons. The van der Waals surface area contributed by atoms with Crippen molar-refractivity contribution in [1.82, 2.24) is 4.98 Å². The van der Waals surface area contributed by atoms with Crippen LogP contribution in [-0.4, -0.2) is 31.8 Å². The zero-order chi connectivity index (χ0) is 13.8. The molecule has 1 aromatic heterocycles. The first-order chi connectivity index (χ1) is 9.15. The Hall–Kier alpha value is -0.650. The Morgan fingerprint density at radius 1 is 1.47 bits per heavy atom. The van der Waals surface area contributed by atoms with Gasteiger partial charge in [0.15, 0.2) is 5.13 Å². The molecule has 4 nitrogen and oxygen atoms in total. The van der Waals surface area contributed by atoms with Gasteiger partial charge in [0.2, 0.25) is 0 Å². The summed E-state index contributed by atoms with van der Waals surface area (Å²) in [6.45, 7) is 7.74. The third-order valence-electron chi connectivity index (χ3n) is 3.29. The van der Waals surface area contributed by atoms with Crippen LogP contribution < -0.4 is 10.6 Å². The van der Waals surface area contributed by atoms with Crippen molar-refractivity contribution in [2.45, 2.75) is 39.2 Å². The minimum Gasteiger partial charge on any atom is -0.383 e. The summed E-state index contributed by atoms with van der Waals surface area (Å²) in [4.78, 5) is 8.46. The summed E-state index contributed by atoms with van der Waals surface area (Å²) in [5.41, 5.74) is 7.12. The van der Waals surface area contributed by atoms with Crippen molar-refractivity contribution in [3.8, 4) is 0 Å². The van der Waals surface area contributed by atoms with Crippen LogP contribution in [0.3, 0.4) is 0 Å². The van der Waals surface area contributed by atoms with Gasteiger partial charge < -0.3 is 15.4 Å². The monoisotopic (exact) mass is 283 g/mol. The number of nitrogens with two attached hydrogens (primary N) is 1. The highest BCUT2D eigenvalue weighted by atomic mass is 32.1. The van der Waals surface area contributed by atoms with Gasteiger partial charge in [-0.05, 0) is 18.8 Å². The van der Waals surface area contributed by atoms with Gasteiger partial charge in [-0.15, -0.1) is 11.3 Å². The van der Waals surface area contributed by atoms with E-state index < -0.39 is 0 Å². The quantitative estimate of drug-likeness (QED) is 0.797. The zero-order valence-electron chi connectivity index (χ0n) is 12.2. The molecule has 0 bridgehead atoms. The fourth-order valence-corrected chi connectivity index (χ4v) is 3.27. The molecule has 19 heavy (non-hydrogen) atoms. The van der Waals surface area contributed by atoms with Crippen LogP contribution in [0, 0.1) is 5.92 Å². The molecule has 1 fully saturated rings. The van der Waals surface area contributed by atoms with Gasteiger partial charge in [-0.25, -0.2) is 4.98 Å². The summed E-state index contributed by atoms with van der Waals surface area (Å²) in [5.74, 6) is 1.29. The third kappa shape index (κ3) is 3.91. The fourth-order valence-electron chi connectivity index (χ4n) is 2.22. The second kappa shape index (κ2) is 6.68. The van der Waals surface area contributed by atoms with E-state index in [2.05, 4.69) is 18.7 Å². The molecule has 1 saturated carbocycles. The molecule has 1 aliphatic rings. The Labute approximate surface area is 120 Å². The van der Waals surface area contributed by atoms with Gasteiger partial charge in [-0.1, -0.05) is 13.8 Å². The SMILES string of the molecule is COCCN(CC(C)C)c1nc(C2CC2)c(CN)s1. The summed E-state index contributed by atoms with van der Waals surface area (Å²) < 4.78 is 5.21. The summed E-state index contributed by atoms with van der Waals surface area (Å²) in [6.07, 6.45) is 2.55. The van der Waals surface area contributed by atoms with Crippen LogP contribution in [0.1, 0.15) is 43.2 Å². The van der Waals surface area contributed by atoms with Crippen molar-refractivity contribution in [1.29, 1.82) is 0 Å². The molecule has 0 unspecified atom stereocenters. The van der Waals surface area contributed by atoms with Crippen LogP contribution in [0.15, 0.2) is 0 Å². The molecule has 108 valence electrons. The Morgan fingerprint density at radius 3 is 2.74 bits per heavy atom. The van der Waals surface area contributed by atoms with Crippen LogP contribution in [0.5, 0.6) is 0 Å². The van der Waals surface area contributed by atoms with Gasteiger partial charge >= 0.3 is 0 Å². The first kappa shape index (κ1) is 14.8. The Balaban J connectivity index is 2.14. The number of methoxy groups -OCH3 is 1. The van der Waals surface area contributed by atoms with Gasteiger partial charge in [0.05, 0.1) is 12.3 Å². The second-order valence-electron chi connectivity index (χ2n) is 5.62. The molecule has 0 aromatic carbocycles. The number of thiazole rings is 1. The summed E-state index contributed by atoms with van der Waals surface area (Å²) in [6, 6.07) is 0. The van der Waals surface area contributed by atoms with Crippen LogP contribution in [-0.2, 0) is 11.3 Å². The lowest BCUT2D eigenvalue weighted by Gasteiger charge is -2.23. The largest absolute Gasteiger partial charge is 0.383 e. The average Bonchev–Trinajstić information content (AvgIpc) is 3.13. The van der Waals surface area contributed by atoms with E-state index in [1.807, 2.05) is 0 Å². The molecular formula is C14H25N3OS. The van der Waals surface area contributed by atoms with Gasteiger partial charge in [0, 0.05) is 37.5 Å². The second-order valence-corrected chi connectivity index (χ2v) is 6.68. The Bertz CT molecular complexity index is 401. The predicted molar refractivity (Wildman–Crippen MR) is 80.9 cm³/mol. The fraction of sp³-hybridized carbons (Fsp3) is 0.786. The molecular weight excluding hydrogens is 258 g/mol. The number of nitrogens with zero attached hydrogens (tertiary/aromatic N) is 2. The summed E-state index contributed by atoms with van der Waals surface area (Å²) in [7, 11) is 1.75. The lowest BCUT2D eigenvalue weighted by Crippen LogP contribution is -2.30. The van der Waals surface area contributed by atoms with Crippen molar-refractivity contribution in [2.75, 3.05) is 31.7 Å². The molecule has 2 N–H and O–H groups in total. The van der Waals surface area contributed by atoms with E-state index in [0.29, 0.717) is 18.4 Å². The number of hydrogen-bond acceptors (Lipinski definition) is 5. The highest BCUT2D eigenvalue weighted by molar-refractivity contribution is 7.15. The Morgan fingerprint density at radius 2 is 2.21 bits per heavy atom. The third-order valence-corrected chi connectivity index (χ3v) is 4.44. The smallest absolute Gasteiger partial charge is 0.185 e. The summed E-state index contributed by atoms with van der Waals surface area (Å²) in [5, 5.41) is 1.12. The number of rotatable bonds is 8.